The fourth-order valence-corrected chi connectivity index (χ4v) is 3.99. The average molecular weight is 341 g/mol. The van der Waals surface area contributed by atoms with Gasteiger partial charge in [-0.2, -0.15) is 5.26 Å². The van der Waals surface area contributed by atoms with Crippen LogP contribution in [-0.2, 0) is 11.3 Å². The third-order valence-electron chi connectivity index (χ3n) is 4.33. The van der Waals surface area contributed by atoms with Gasteiger partial charge in [0.25, 0.3) is 0 Å². The Hall–Kier alpha value is -1.71. The number of hydrogen-bond acceptors (Lipinski definition) is 5. The van der Waals surface area contributed by atoms with Crippen molar-refractivity contribution in [3.63, 3.8) is 0 Å². The zero-order valence-electron chi connectivity index (χ0n) is 14.0. The zero-order valence-corrected chi connectivity index (χ0v) is 14.8. The van der Waals surface area contributed by atoms with Crippen molar-refractivity contribution in [2.45, 2.75) is 19.5 Å². The molecule has 126 valence electrons. The summed E-state index contributed by atoms with van der Waals surface area (Å²) in [6.45, 7) is 7.50. The van der Waals surface area contributed by atoms with Crippen LogP contribution in [0.1, 0.15) is 26.9 Å². The van der Waals surface area contributed by atoms with Gasteiger partial charge in [0.15, 0.2) is 0 Å². The van der Waals surface area contributed by atoms with Crippen molar-refractivity contribution in [2.24, 2.45) is 0 Å². The van der Waals surface area contributed by atoms with Gasteiger partial charge in [-0.25, -0.2) is 0 Å². The number of aryl methyl sites for hydroxylation is 1. The van der Waals surface area contributed by atoms with Gasteiger partial charge in [-0.05, 0) is 36.8 Å². The summed E-state index contributed by atoms with van der Waals surface area (Å²) in [5, 5.41) is 12.5. The summed E-state index contributed by atoms with van der Waals surface area (Å²) in [6.07, 6.45) is 0. The monoisotopic (exact) mass is 341 g/mol. The molecule has 1 aliphatic rings. The quantitative estimate of drug-likeness (QED) is 0.877. The van der Waals surface area contributed by atoms with E-state index in [9.17, 15) is 0 Å². The van der Waals surface area contributed by atoms with Gasteiger partial charge in [0.05, 0.1) is 30.9 Å². The maximum absolute atomic E-state index is 8.87. The largest absolute Gasteiger partial charge is 0.379 e. The van der Waals surface area contributed by atoms with Crippen LogP contribution in [0.2, 0.25) is 0 Å². The lowest BCUT2D eigenvalue weighted by Crippen LogP contribution is -2.42. The molecule has 1 saturated heterocycles. The van der Waals surface area contributed by atoms with E-state index in [2.05, 4.69) is 35.3 Å². The van der Waals surface area contributed by atoms with Crippen molar-refractivity contribution in [3.8, 4) is 6.07 Å². The van der Waals surface area contributed by atoms with Gasteiger partial charge in [0, 0.05) is 35.9 Å². The maximum Gasteiger partial charge on any atom is 0.0991 e. The predicted molar refractivity (Wildman–Crippen MR) is 97.1 cm³/mol. The van der Waals surface area contributed by atoms with E-state index in [4.69, 9.17) is 10.00 Å². The van der Waals surface area contributed by atoms with E-state index in [-0.39, 0.29) is 0 Å². The van der Waals surface area contributed by atoms with Crippen molar-refractivity contribution in [1.29, 1.82) is 5.26 Å². The third kappa shape index (κ3) is 4.43. The first kappa shape index (κ1) is 17.1. The number of thiophene rings is 1. The van der Waals surface area contributed by atoms with Crippen molar-refractivity contribution in [1.82, 2.24) is 10.2 Å². The lowest BCUT2D eigenvalue weighted by molar-refractivity contribution is 0.0168. The molecule has 1 aromatic heterocycles. The second kappa shape index (κ2) is 8.41. The molecule has 0 bridgehead atoms. The molecule has 1 atom stereocenters. The van der Waals surface area contributed by atoms with Gasteiger partial charge in [-0.15, -0.1) is 11.3 Å². The van der Waals surface area contributed by atoms with Crippen LogP contribution in [0, 0.1) is 18.3 Å². The summed E-state index contributed by atoms with van der Waals surface area (Å²) in [5.41, 5.74) is 1.91. The summed E-state index contributed by atoms with van der Waals surface area (Å²) in [6, 6.07) is 14.8. The molecule has 0 radical (unpaired) electrons. The summed E-state index contributed by atoms with van der Waals surface area (Å²) in [5.74, 6) is 0. The van der Waals surface area contributed by atoms with E-state index in [1.54, 1.807) is 0 Å². The molecular formula is C19H23N3OS. The number of nitriles is 1. The Labute approximate surface area is 147 Å². The number of nitrogens with one attached hydrogen (secondary N) is 1. The minimum absolute atomic E-state index is 0.394. The van der Waals surface area contributed by atoms with Crippen LogP contribution < -0.4 is 5.32 Å². The summed E-state index contributed by atoms with van der Waals surface area (Å²) >= 11 is 1.88. The molecule has 0 saturated carbocycles. The third-order valence-corrected chi connectivity index (χ3v) is 5.43. The van der Waals surface area contributed by atoms with Gasteiger partial charge in [-0.3, -0.25) is 4.90 Å². The molecule has 2 heterocycles. The van der Waals surface area contributed by atoms with Crippen molar-refractivity contribution in [3.05, 3.63) is 57.3 Å². The van der Waals surface area contributed by atoms with Gasteiger partial charge in [0.2, 0.25) is 0 Å². The molecule has 24 heavy (non-hydrogen) atoms. The summed E-state index contributed by atoms with van der Waals surface area (Å²) < 4.78 is 5.50. The van der Waals surface area contributed by atoms with Crippen LogP contribution in [0.4, 0.5) is 0 Å². The highest BCUT2D eigenvalue weighted by Crippen LogP contribution is 2.28. The Morgan fingerprint density at radius 3 is 2.58 bits per heavy atom. The molecule has 3 rings (SSSR count). The number of benzene rings is 1. The highest BCUT2D eigenvalue weighted by Gasteiger charge is 2.23. The Morgan fingerprint density at radius 2 is 1.96 bits per heavy atom. The molecule has 1 aliphatic heterocycles. The molecule has 1 fully saturated rings. The smallest absolute Gasteiger partial charge is 0.0991 e. The molecule has 0 spiro atoms. The fraction of sp³-hybridized carbons (Fsp3) is 0.421. The van der Waals surface area contributed by atoms with Gasteiger partial charge >= 0.3 is 0 Å². The molecule has 0 amide bonds. The average Bonchev–Trinajstić information content (AvgIpc) is 3.06. The normalized spacial score (nSPS) is 16.7. The Balaban J connectivity index is 1.61. The maximum atomic E-state index is 8.87. The van der Waals surface area contributed by atoms with Gasteiger partial charge < -0.3 is 10.1 Å². The second-order valence-electron chi connectivity index (χ2n) is 6.05. The summed E-state index contributed by atoms with van der Waals surface area (Å²) in [7, 11) is 0. The summed E-state index contributed by atoms with van der Waals surface area (Å²) in [4.78, 5) is 5.29. The van der Waals surface area contributed by atoms with Crippen LogP contribution in [0.3, 0.4) is 0 Å². The van der Waals surface area contributed by atoms with Crippen molar-refractivity contribution < 1.29 is 4.74 Å². The first-order valence-corrected chi connectivity index (χ1v) is 9.16. The molecule has 0 aliphatic carbocycles. The minimum atomic E-state index is 0.394. The zero-order chi connectivity index (χ0) is 16.8. The van der Waals surface area contributed by atoms with E-state index in [1.165, 1.54) is 15.3 Å². The Kier molecular flexibility index (Phi) is 6.00. The second-order valence-corrected chi connectivity index (χ2v) is 7.37. The van der Waals surface area contributed by atoms with Crippen molar-refractivity contribution in [2.75, 3.05) is 32.8 Å². The van der Waals surface area contributed by atoms with Crippen LogP contribution in [0.25, 0.3) is 0 Å². The van der Waals surface area contributed by atoms with Gasteiger partial charge in [0.1, 0.15) is 0 Å². The van der Waals surface area contributed by atoms with Crippen LogP contribution in [0.5, 0.6) is 0 Å². The first-order valence-electron chi connectivity index (χ1n) is 8.34. The van der Waals surface area contributed by atoms with E-state index in [0.29, 0.717) is 11.6 Å². The standard InChI is InChI=1S/C19H23N3OS/c1-15-2-7-19(24-15)18(22-8-10-23-11-9-22)14-21-13-17-5-3-16(12-20)4-6-17/h2-7,18,21H,8-11,13-14H2,1H3/t18-/m1/s1. The lowest BCUT2D eigenvalue weighted by Gasteiger charge is -2.34. The van der Waals surface area contributed by atoms with Crippen LogP contribution >= 0.6 is 11.3 Å². The van der Waals surface area contributed by atoms with Crippen LogP contribution in [-0.4, -0.2) is 37.7 Å². The van der Waals surface area contributed by atoms with Crippen molar-refractivity contribution >= 4 is 11.3 Å². The molecule has 0 unspecified atom stereocenters. The number of hydrogen-bond donors (Lipinski definition) is 1. The highest BCUT2D eigenvalue weighted by atomic mass is 32.1. The number of rotatable bonds is 6. The lowest BCUT2D eigenvalue weighted by atomic mass is 10.1. The number of morpholine rings is 1. The SMILES string of the molecule is Cc1ccc([C@@H](CNCc2ccc(C#N)cc2)N2CCOCC2)s1. The Bertz CT molecular complexity index is 683. The van der Waals surface area contributed by atoms with Gasteiger partial charge in [-0.1, -0.05) is 12.1 Å². The number of nitrogens with zero attached hydrogens (tertiary/aromatic N) is 2. The highest BCUT2D eigenvalue weighted by molar-refractivity contribution is 7.12. The Morgan fingerprint density at radius 1 is 1.21 bits per heavy atom. The van der Waals surface area contributed by atoms with E-state index < -0.39 is 0 Å². The molecule has 4 nitrogen and oxygen atoms in total. The molecule has 5 heteroatoms. The molecule has 2 aromatic rings. The first-order chi connectivity index (χ1) is 11.8. The van der Waals surface area contributed by atoms with E-state index in [0.717, 1.165) is 39.4 Å². The van der Waals surface area contributed by atoms with Crippen LogP contribution in [0.15, 0.2) is 36.4 Å². The van der Waals surface area contributed by atoms with E-state index in [1.807, 2.05) is 35.6 Å². The number of ether oxygens (including phenoxy) is 1. The van der Waals surface area contributed by atoms with E-state index >= 15 is 0 Å². The minimum Gasteiger partial charge on any atom is -0.379 e. The fourth-order valence-electron chi connectivity index (χ4n) is 2.98. The predicted octanol–water partition coefficient (Wildman–Crippen LogP) is 3.09. The molecular weight excluding hydrogens is 318 g/mol. The topological polar surface area (TPSA) is 48.3 Å². The molecule has 1 N–H and O–H groups in total. The molecule has 1 aromatic carbocycles.